The number of rotatable bonds is 14. The van der Waals surface area contributed by atoms with Gasteiger partial charge in [-0.2, -0.15) is 0 Å². The molecule has 0 bridgehead atoms. The number of sulfonamides is 1. The monoisotopic (exact) mass is 743 g/mol. The Morgan fingerprint density at radius 3 is 2.17 bits per heavy atom. The summed E-state index contributed by atoms with van der Waals surface area (Å²) in [6.45, 7) is 3.78. The normalized spacial score (nSPS) is 11.9. The second-order valence-corrected chi connectivity index (χ2v) is 14.5. The van der Waals surface area contributed by atoms with E-state index in [1.54, 1.807) is 54.6 Å². The number of amides is 2. The Morgan fingerprint density at radius 1 is 0.870 bits per heavy atom. The van der Waals surface area contributed by atoms with Crippen LogP contribution in [0.3, 0.4) is 0 Å². The van der Waals surface area contributed by atoms with Gasteiger partial charge < -0.3 is 10.2 Å². The van der Waals surface area contributed by atoms with E-state index in [0.717, 1.165) is 32.7 Å². The zero-order valence-corrected chi connectivity index (χ0v) is 29.5. The third-order valence-corrected chi connectivity index (χ3v) is 10.5. The Hall–Kier alpha value is -3.37. The summed E-state index contributed by atoms with van der Waals surface area (Å²) in [6, 6.07) is 26.6. The summed E-state index contributed by atoms with van der Waals surface area (Å²) in [5, 5.41) is 3.64. The summed E-state index contributed by atoms with van der Waals surface area (Å²) in [5.41, 5.74) is 2.69. The summed E-state index contributed by atoms with van der Waals surface area (Å²) >= 11 is 15.9. The summed E-state index contributed by atoms with van der Waals surface area (Å²) in [7, 11) is -4.19. The fraction of sp³-hybridized carbons (Fsp3) is 0.257. The highest BCUT2D eigenvalue weighted by atomic mass is 79.9. The Bertz CT molecular complexity index is 1740. The number of carbonyl (C=O) groups is 2. The van der Waals surface area contributed by atoms with E-state index in [1.165, 1.54) is 17.0 Å². The molecule has 1 atom stereocenters. The zero-order chi connectivity index (χ0) is 33.3. The molecule has 0 aliphatic carbocycles. The van der Waals surface area contributed by atoms with Gasteiger partial charge in [-0.3, -0.25) is 13.9 Å². The smallest absolute Gasteiger partial charge is 0.264 e. The maximum Gasteiger partial charge on any atom is 0.264 e. The average Bonchev–Trinajstić information content (AvgIpc) is 3.04. The molecule has 0 heterocycles. The molecule has 0 aliphatic rings. The van der Waals surface area contributed by atoms with Crippen molar-refractivity contribution in [1.82, 2.24) is 10.2 Å². The van der Waals surface area contributed by atoms with Crippen molar-refractivity contribution in [3.05, 3.63) is 128 Å². The van der Waals surface area contributed by atoms with Crippen molar-refractivity contribution in [1.29, 1.82) is 0 Å². The molecule has 4 aromatic carbocycles. The lowest BCUT2D eigenvalue weighted by Crippen LogP contribution is -2.53. The minimum absolute atomic E-state index is 0.00677. The van der Waals surface area contributed by atoms with Crippen molar-refractivity contribution in [2.24, 2.45) is 0 Å². The molecule has 0 aromatic heterocycles. The number of aryl methyl sites for hydroxylation is 1. The van der Waals surface area contributed by atoms with Gasteiger partial charge in [-0.1, -0.05) is 107 Å². The largest absolute Gasteiger partial charge is 0.354 e. The van der Waals surface area contributed by atoms with Crippen LogP contribution in [0.15, 0.2) is 106 Å². The van der Waals surface area contributed by atoms with E-state index in [0.29, 0.717) is 27.8 Å². The summed E-state index contributed by atoms with van der Waals surface area (Å²) in [5.74, 6) is -0.890. The fourth-order valence-corrected chi connectivity index (χ4v) is 6.87. The van der Waals surface area contributed by atoms with Crippen LogP contribution in [0.25, 0.3) is 0 Å². The first-order chi connectivity index (χ1) is 22.0. The topological polar surface area (TPSA) is 86.8 Å². The van der Waals surface area contributed by atoms with Gasteiger partial charge in [-0.05, 0) is 73.0 Å². The predicted octanol–water partition coefficient (Wildman–Crippen LogP) is 7.82. The van der Waals surface area contributed by atoms with E-state index < -0.39 is 28.5 Å². The molecule has 0 unspecified atom stereocenters. The fourth-order valence-electron chi connectivity index (χ4n) is 4.87. The number of nitrogens with one attached hydrogen (secondary N) is 1. The van der Waals surface area contributed by atoms with E-state index >= 15 is 0 Å². The number of benzene rings is 4. The maximum atomic E-state index is 14.5. The van der Waals surface area contributed by atoms with Gasteiger partial charge in [0.1, 0.15) is 12.6 Å². The van der Waals surface area contributed by atoms with Crippen molar-refractivity contribution in [3.63, 3.8) is 0 Å². The van der Waals surface area contributed by atoms with Crippen LogP contribution in [0.1, 0.15) is 36.5 Å². The van der Waals surface area contributed by atoms with E-state index in [1.807, 2.05) is 44.2 Å². The highest BCUT2D eigenvalue weighted by Gasteiger charge is 2.34. The molecule has 0 radical (unpaired) electrons. The number of unbranched alkanes of at least 4 members (excludes halogenated alkanes) is 1. The molecule has 0 fully saturated rings. The van der Waals surface area contributed by atoms with Crippen molar-refractivity contribution >= 4 is 66.7 Å². The van der Waals surface area contributed by atoms with Crippen molar-refractivity contribution < 1.29 is 18.0 Å². The molecular formula is C35H36BrCl2N3O4S. The molecule has 2 amide bonds. The van der Waals surface area contributed by atoms with Crippen molar-refractivity contribution in [2.75, 3.05) is 17.4 Å². The molecule has 11 heteroatoms. The second-order valence-electron chi connectivity index (χ2n) is 10.9. The number of halogens is 3. The molecule has 0 saturated heterocycles. The molecule has 1 N–H and O–H groups in total. The van der Waals surface area contributed by atoms with Gasteiger partial charge in [0.2, 0.25) is 11.8 Å². The van der Waals surface area contributed by atoms with Gasteiger partial charge in [0.15, 0.2) is 0 Å². The Labute approximate surface area is 289 Å². The van der Waals surface area contributed by atoms with Crippen LogP contribution < -0.4 is 9.62 Å². The number of anilines is 1. The molecule has 4 rings (SSSR count). The summed E-state index contributed by atoms with van der Waals surface area (Å²) in [6.07, 6.45) is 1.88. The molecular weight excluding hydrogens is 709 g/mol. The highest BCUT2D eigenvalue weighted by Crippen LogP contribution is 2.28. The van der Waals surface area contributed by atoms with Crippen LogP contribution in [-0.4, -0.2) is 44.3 Å². The van der Waals surface area contributed by atoms with Gasteiger partial charge in [0.25, 0.3) is 10.0 Å². The molecule has 0 saturated carbocycles. The Kier molecular flexibility index (Phi) is 12.7. The average molecular weight is 746 g/mol. The number of hydrogen-bond acceptors (Lipinski definition) is 4. The molecule has 46 heavy (non-hydrogen) atoms. The zero-order valence-electron chi connectivity index (χ0n) is 25.6. The Morgan fingerprint density at radius 2 is 1.54 bits per heavy atom. The number of hydrogen-bond donors (Lipinski definition) is 1. The SMILES string of the molecule is CCCCNC(=O)[C@H](Cc1ccccc1)N(Cc1ccc(Cl)c(Cl)c1)C(=O)CN(c1ccc(Br)cc1)S(=O)(=O)c1ccc(C)cc1. The van der Waals surface area contributed by atoms with Gasteiger partial charge in [0, 0.05) is 24.0 Å². The van der Waals surface area contributed by atoms with Crippen LogP contribution in [-0.2, 0) is 32.6 Å². The van der Waals surface area contributed by atoms with Gasteiger partial charge >= 0.3 is 0 Å². The van der Waals surface area contributed by atoms with E-state index in [2.05, 4.69) is 21.2 Å². The van der Waals surface area contributed by atoms with E-state index in [9.17, 15) is 18.0 Å². The van der Waals surface area contributed by atoms with Gasteiger partial charge in [-0.25, -0.2) is 8.42 Å². The predicted molar refractivity (Wildman–Crippen MR) is 189 cm³/mol. The van der Waals surface area contributed by atoms with Crippen LogP contribution in [0.4, 0.5) is 5.69 Å². The molecule has 242 valence electrons. The van der Waals surface area contributed by atoms with E-state index in [-0.39, 0.29) is 23.8 Å². The maximum absolute atomic E-state index is 14.5. The summed E-state index contributed by atoms with van der Waals surface area (Å²) < 4.78 is 30.1. The lowest BCUT2D eigenvalue weighted by Gasteiger charge is -2.34. The first kappa shape index (κ1) is 35.5. The van der Waals surface area contributed by atoms with Crippen LogP contribution >= 0.6 is 39.1 Å². The highest BCUT2D eigenvalue weighted by molar-refractivity contribution is 9.10. The Balaban J connectivity index is 1.80. The van der Waals surface area contributed by atoms with Crippen molar-refractivity contribution in [2.45, 2.75) is 50.6 Å². The van der Waals surface area contributed by atoms with Crippen LogP contribution in [0.2, 0.25) is 10.0 Å². The van der Waals surface area contributed by atoms with E-state index in [4.69, 9.17) is 23.2 Å². The van der Waals surface area contributed by atoms with Gasteiger partial charge in [0.05, 0.1) is 20.6 Å². The molecule has 4 aromatic rings. The molecule has 0 aliphatic heterocycles. The summed E-state index contributed by atoms with van der Waals surface area (Å²) in [4.78, 5) is 29.8. The van der Waals surface area contributed by atoms with Gasteiger partial charge in [-0.15, -0.1) is 0 Å². The second kappa shape index (κ2) is 16.5. The minimum atomic E-state index is -4.19. The standard InChI is InChI=1S/C35H36BrCl2N3O4S/c1-3-4-20-39-35(43)33(22-26-8-6-5-7-9-26)40(23-27-12-19-31(37)32(38)21-27)34(42)24-41(29-15-13-28(36)14-16-29)46(44,45)30-17-10-25(2)11-18-30/h5-19,21,33H,3-4,20,22-24H2,1-2H3,(H,39,43)/t33-/m0/s1. The van der Waals surface area contributed by atoms with Crippen LogP contribution in [0, 0.1) is 6.92 Å². The lowest BCUT2D eigenvalue weighted by molar-refractivity contribution is -0.140. The van der Waals surface area contributed by atoms with Crippen molar-refractivity contribution in [3.8, 4) is 0 Å². The molecule has 0 spiro atoms. The third kappa shape index (κ3) is 9.35. The lowest BCUT2D eigenvalue weighted by atomic mass is 10.0. The third-order valence-electron chi connectivity index (χ3n) is 7.44. The van der Waals surface area contributed by atoms with Crippen LogP contribution in [0.5, 0.6) is 0 Å². The number of carbonyl (C=O) groups excluding carboxylic acids is 2. The first-order valence-corrected chi connectivity index (χ1v) is 17.9. The molecule has 7 nitrogen and oxygen atoms in total. The quantitative estimate of drug-likeness (QED) is 0.134. The minimum Gasteiger partial charge on any atom is -0.354 e. The first-order valence-electron chi connectivity index (χ1n) is 14.9. The number of nitrogens with zero attached hydrogens (tertiary/aromatic N) is 2.